The summed E-state index contributed by atoms with van der Waals surface area (Å²) in [5.74, 6) is -0.621. The second-order valence-electron chi connectivity index (χ2n) is 5.36. The number of aromatic nitrogens is 2. The van der Waals surface area contributed by atoms with Crippen molar-refractivity contribution in [2.75, 3.05) is 0 Å². The van der Waals surface area contributed by atoms with Crippen LogP contribution >= 0.6 is 0 Å². The summed E-state index contributed by atoms with van der Waals surface area (Å²) in [6.07, 6.45) is 3.43. The molecule has 5 N–H and O–H groups in total. The molecule has 8 nitrogen and oxygen atoms in total. The van der Waals surface area contributed by atoms with Crippen LogP contribution in [0.2, 0.25) is 0 Å². The number of azide groups is 1. The van der Waals surface area contributed by atoms with Crippen LogP contribution in [0.4, 0.5) is 5.69 Å². The number of pyridine rings is 1. The molecule has 0 saturated heterocycles. The first kappa shape index (κ1) is 15.5. The van der Waals surface area contributed by atoms with Crippen LogP contribution in [0, 0.1) is 0 Å². The Balaban J connectivity index is 2.41. The molecule has 0 aliphatic carbocycles. The van der Waals surface area contributed by atoms with Crippen molar-refractivity contribution in [2.45, 2.75) is 13.0 Å². The lowest BCUT2D eigenvalue weighted by Gasteiger charge is -2.17. The quantitative estimate of drug-likeness (QED) is 0.384. The number of benzene rings is 1. The molecular formula is C16H15N7O. The Morgan fingerprint density at radius 2 is 2.12 bits per heavy atom. The zero-order chi connectivity index (χ0) is 17.3. The highest BCUT2D eigenvalue weighted by Gasteiger charge is 2.20. The molecule has 0 fully saturated rings. The first-order chi connectivity index (χ1) is 11.5. The van der Waals surface area contributed by atoms with Gasteiger partial charge in [0.1, 0.15) is 5.65 Å². The van der Waals surface area contributed by atoms with E-state index in [9.17, 15) is 4.79 Å². The largest absolute Gasteiger partial charge is 0.366 e. The fraction of sp³-hybridized carbons (Fsp3) is 0.125. The third-order valence-corrected chi connectivity index (χ3v) is 3.83. The van der Waals surface area contributed by atoms with E-state index in [1.807, 2.05) is 12.1 Å². The molecule has 3 rings (SSSR count). The van der Waals surface area contributed by atoms with Gasteiger partial charge in [0, 0.05) is 34.3 Å². The highest BCUT2D eigenvalue weighted by Crippen LogP contribution is 2.40. The first-order valence-electron chi connectivity index (χ1n) is 7.24. The summed E-state index contributed by atoms with van der Waals surface area (Å²) in [4.78, 5) is 21.9. The molecule has 1 atom stereocenters. The van der Waals surface area contributed by atoms with Crippen LogP contribution in [-0.2, 0) is 0 Å². The van der Waals surface area contributed by atoms with Gasteiger partial charge in [0.2, 0.25) is 5.91 Å². The van der Waals surface area contributed by atoms with E-state index in [1.54, 1.807) is 31.5 Å². The lowest BCUT2D eigenvalue weighted by molar-refractivity contribution is 0.0999. The minimum atomic E-state index is -0.621. The molecular weight excluding hydrogens is 306 g/mol. The van der Waals surface area contributed by atoms with Crippen molar-refractivity contribution < 1.29 is 4.79 Å². The Hall–Kier alpha value is -3.35. The third kappa shape index (κ3) is 2.45. The van der Waals surface area contributed by atoms with Crippen LogP contribution in [0.25, 0.3) is 32.6 Å². The van der Waals surface area contributed by atoms with Gasteiger partial charge in [-0.25, -0.2) is 4.98 Å². The fourth-order valence-electron chi connectivity index (χ4n) is 2.85. The van der Waals surface area contributed by atoms with Gasteiger partial charge in [-0.05, 0) is 47.3 Å². The average molecular weight is 321 g/mol. The predicted molar refractivity (Wildman–Crippen MR) is 91.5 cm³/mol. The summed E-state index contributed by atoms with van der Waals surface area (Å²) in [6.45, 7) is 1.71. The lowest BCUT2D eigenvalue weighted by Crippen LogP contribution is -2.18. The molecule has 2 aromatic heterocycles. The lowest BCUT2D eigenvalue weighted by atomic mass is 9.92. The van der Waals surface area contributed by atoms with Crippen LogP contribution < -0.4 is 11.5 Å². The van der Waals surface area contributed by atoms with Crippen LogP contribution in [0.3, 0.4) is 0 Å². The normalized spacial score (nSPS) is 11.9. The number of aromatic amines is 1. The summed E-state index contributed by atoms with van der Waals surface area (Å²) < 4.78 is 0. The maximum Gasteiger partial charge on any atom is 0.249 e. The molecule has 0 spiro atoms. The minimum absolute atomic E-state index is 0.246. The molecule has 1 aromatic carbocycles. The molecule has 0 radical (unpaired) electrons. The van der Waals surface area contributed by atoms with Gasteiger partial charge in [0.05, 0.1) is 5.69 Å². The second-order valence-corrected chi connectivity index (χ2v) is 5.36. The highest BCUT2D eigenvalue weighted by molar-refractivity contribution is 6.01. The van der Waals surface area contributed by atoms with Gasteiger partial charge >= 0.3 is 0 Å². The SMILES string of the molecule is CC(N)c1c(C(N)=O)ccc(-c2ccnc3[nH]ccc23)c1N=[N+]=[N-]. The number of hydrogen-bond donors (Lipinski definition) is 3. The van der Waals surface area contributed by atoms with Crippen molar-refractivity contribution >= 4 is 22.6 Å². The number of nitrogens with zero attached hydrogens (tertiary/aromatic N) is 4. The molecule has 1 amide bonds. The van der Waals surface area contributed by atoms with Crippen molar-refractivity contribution in [1.82, 2.24) is 9.97 Å². The van der Waals surface area contributed by atoms with E-state index < -0.39 is 11.9 Å². The maximum atomic E-state index is 11.7. The maximum absolute atomic E-state index is 11.7. The number of carbonyl (C=O) groups is 1. The van der Waals surface area contributed by atoms with Gasteiger partial charge < -0.3 is 16.5 Å². The summed E-state index contributed by atoms with van der Waals surface area (Å²) in [6, 6.07) is 6.47. The van der Waals surface area contributed by atoms with Crippen molar-refractivity contribution in [3.05, 3.63) is 58.2 Å². The third-order valence-electron chi connectivity index (χ3n) is 3.83. The fourth-order valence-corrected chi connectivity index (χ4v) is 2.85. The van der Waals surface area contributed by atoms with Crippen LogP contribution in [0.15, 0.2) is 41.8 Å². The summed E-state index contributed by atoms with van der Waals surface area (Å²) in [5, 5.41) is 4.67. The number of H-pyrrole nitrogens is 1. The first-order valence-corrected chi connectivity index (χ1v) is 7.24. The van der Waals surface area contributed by atoms with E-state index >= 15 is 0 Å². The molecule has 1 unspecified atom stereocenters. The number of rotatable bonds is 4. The zero-order valence-corrected chi connectivity index (χ0v) is 12.9. The van der Waals surface area contributed by atoms with Gasteiger partial charge in [-0.15, -0.1) is 0 Å². The van der Waals surface area contributed by atoms with E-state index in [1.165, 1.54) is 0 Å². The monoisotopic (exact) mass is 321 g/mol. The van der Waals surface area contributed by atoms with E-state index in [0.29, 0.717) is 22.5 Å². The molecule has 0 aliphatic rings. The number of amides is 1. The molecule has 0 aliphatic heterocycles. The molecule has 120 valence electrons. The number of primary amides is 1. The molecule has 0 saturated carbocycles. The Labute approximate surface area is 137 Å². The van der Waals surface area contributed by atoms with Crippen LogP contribution in [0.5, 0.6) is 0 Å². The van der Waals surface area contributed by atoms with Crippen molar-refractivity contribution in [3.63, 3.8) is 0 Å². The summed E-state index contributed by atoms with van der Waals surface area (Å²) >= 11 is 0. The van der Waals surface area contributed by atoms with E-state index in [0.717, 1.165) is 10.9 Å². The van der Waals surface area contributed by atoms with Gasteiger partial charge in [0.15, 0.2) is 0 Å². The van der Waals surface area contributed by atoms with Crippen molar-refractivity contribution in [2.24, 2.45) is 16.6 Å². The van der Waals surface area contributed by atoms with E-state index in [4.69, 9.17) is 17.0 Å². The van der Waals surface area contributed by atoms with Gasteiger partial charge in [-0.2, -0.15) is 0 Å². The van der Waals surface area contributed by atoms with Gasteiger partial charge in [0.25, 0.3) is 0 Å². The average Bonchev–Trinajstić information content (AvgIpc) is 3.03. The van der Waals surface area contributed by atoms with Crippen LogP contribution in [0.1, 0.15) is 28.9 Å². The van der Waals surface area contributed by atoms with E-state index in [2.05, 4.69) is 20.0 Å². The number of hydrogen-bond acceptors (Lipinski definition) is 4. The molecule has 24 heavy (non-hydrogen) atoms. The Morgan fingerprint density at radius 3 is 2.79 bits per heavy atom. The molecule has 2 heterocycles. The number of nitrogens with two attached hydrogens (primary N) is 2. The summed E-state index contributed by atoms with van der Waals surface area (Å²) in [7, 11) is 0. The van der Waals surface area contributed by atoms with Crippen molar-refractivity contribution in [1.29, 1.82) is 0 Å². The predicted octanol–water partition coefficient (Wildman–Crippen LogP) is 3.29. The van der Waals surface area contributed by atoms with E-state index in [-0.39, 0.29) is 5.56 Å². The molecule has 0 bridgehead atoms. The van der Waals surface area contributed by atoms with Gasteiger partial charge in [-0.1, -0.05) is 11.2 Å². The second kappa shape index (κ2) is 6.04. The van der Waals surface area contributed by atoms with Crippen LogP contribution in [-0.4, -0.2) is 15.9 Å². The number of nitrogens with one attached hydrogen (secondary N) is 1. The van der Waals surface area contributed by atoms with Crippen molar-refractivity contribution in [3.8, 4) is 11.1 Å². The highest BCUT2D eigenvalue weighted by atomic mass is 16.1. The standard InChI is InChI=1S/C16H15N7O/c1-8(17)13-12(15(18)24)3-2-10(14(13)22-23-19)9-4-6-20-16-11(9)5-7-21-16/h2-8H,17H2,1H3,(H2,18,24)(H,20,21). The van der Waals surface area contributed by atoms with Gasteiger partial charge in [-0.3, -0.25) is 4.79 Å². The molecule has 8 heteroatoms. The number of carbonyl (C=O) groups excluding carboxylic acids is 1. The Morgan fingerprint density at radius 1 is 1.33 bits per heavy atom. The smallest absolute Gasteiger partial charge is 0.249 e. The zero-order valence-electron chi connectivity index (χ0n) is 12.9. The topological polar surface area (TPSA) is 147 Å². The molecule has 3 aromatic rings. The minimum Gasteiger partial charge on any atom is -0.366 e. The number of fused-ring (bicyclic) bond motifs is 1. The summed E-state index contributed by atoms with van der Waals surface area (Å²) in [5.41, 5.74) is 23.6. The Bertz CT molecular complexity index is 983. The Kier molecular flexibility index (Phi) is 3.91.